The molecule has 0 fully saturated rings. The van der Waals surface area contributed by atoms with Crippen LogP contribution in [0.4, 0.5) is 8.78 Å². The van der Waals surface area contributed by atoms with Crippen LogP contribution in [0, 0.1) is 0 Å². The summed E-state index contributed by atoms with van der Waals surface area (Å²) in [5.41, 5.74) is 1.17. The van der Waals surface area contributed by atoms with Gasteiger partial charge in [-0.2, -0.15) is 0 Å². The molecule has 2 heteroatoms. The molecule has 0 unspecified atom stereocenters. The molecule has 70 valence electrons. The predicted molar refractivity (Wildman–Crippen MR) is 50.7 cm³/mol. The maximum absolute atomic E-state index is 13.0. The molecule has 0 spiro atoms. The smallest absolute Gasteiger partial charge is 0.158 e. The van der Waals surface area contributed by atoms with E-state index in [0.29, 0.717) is 5.56 Å². The third-order valence-corrected chi connectivity index (χ3v) is 1.94. The Bertz CT molecular complexity index is 314. The van der Waals surface area contributed by atoms with E-state index < -0.39 is 5.83 Å². The van der Waals surface area contributed by atoms with Gasteiger partial charge in [-0.3, -0.25) is 0 Å². The van der Waals surface area contributed by atoms with Gasteiger partial charge in [0.25, 0.3) is 0 Å². The van der Waals surface area contributed by atoms with Crippen LogP contribution in [-0.2, 0) is 0 Å². The van der Waals surface area contributed by atoms with Gasteiger partial charge < -0.3 is 0 Å². The fourth-order valence-corrected chi connectivity index (χ4v) is 1.28. The summed E-state index contributed by atoms with van der Waals surface area (Å²) in [6.07, 6.45) is 0.00120. The molecule has 0 nitrogen and oxygen atoms in total. The van der Waals surface area contributed by atoms with Crippen LogP contribution in [0.3, 0.4) is 0 Å². The summed E-state index contributed by atoms with van der Waals surface area (Å²) in [6.45, 7) is 3.90. The molecular weight excluding hydrogens is 170 g/mol. The van der Waals surface area contributed by atoms with Gasteiger partial charge in [0.1, 0.15) is 6.33 Å². The van der Waals surface area contributed by atoms with E-state index >= 15 is 0 Å². The van der Waals surface area contributed by atoms with E-state index in [2.05, 4.69) is 0 Å². The van der Waals surface area contributed by atoms with E-state index in [1.54, 1.807) is 12.1 Å². The normalized spacial score (nSPS) is 12.2. The zero-order chi connectivity index (χ0) is 9.84. The molecule has 1 rings (SSSR count). The Morgan fingerprint density at radius 2 is 1.92 bits per heavy atom. The topological polar surface area (TPSA) is 0 Å². The standard InChI is InChI=1S/C11H12F2/c1-8(2)9-5-3-4-6-10(9)11(13)7-12/h3-8H,1-2H3/b11-7-. The van der Waals surface area contributed by atoms with Crippen molar-refractivity contribution < 1.29 is 8.78 Å². The number of benzene rings is 1. The Labute approximate surface area is 76.9 Å². The lowest BCUT2D eigenvalue weighted by Gasteiger charge is -2.09. The maximum Gasteiger partial charge on any atom is 0.158 e. The molecule has 0 heterocycles. The van der Waals surface area contributed by atoms with Crippen molar-refractivity contribution in [1.29, 1.82) is 0 Å². The Balaban J connectivity index is 3.20. The minimum Gasteiger partial charge on any atom is -0.212 e. The first kappa shape index (κ1) is 9.90. The molecule has 0 aromatic heterocycles. The minimum absolute atomic E-state index is 0.00120. The summed E-state index contributed by atoms with van der Waals surface area (Å²) in [7, 11) is 0. The number of hydrogen-bond donors (Lipinski definition) is 0. The molecule has 13 heavy (non-hydrogen) atoms. The zero-order valence-corrected chi connectivity index (χ0v) is 7.72. The Hall–Kier alpha value is -1.18. The summed E-state index contributed by atoms with van der Waals surface area (Å²) in [4.78, 5) is 0. The first-order valence-corrected chi connectivity index (χ1v) is 4.22. The monoisotopic (exact) mass is 182 g/mol. The molecule has 1 aromatic rings. The second-order valence-electron chi connectivity index (χ2n) is 3.20. The average molecular weight is 182 g/mol. The average Bonchev–Trinajstić information content (AvgIpc) is 2.16. The SMILES string of the molecule is CC(C)c1ccccc1/C(F)=C/F. The number of halogens is 2. The molecule has 0 bridgehead atoms. The molecule has 0 saturated heterocycles. The van der Waals surface area contributed by atoms with Crippen molar-refractivity contribution in [2.24, 2.45) is 0 Å². The van der Waals surface area contributed by atoms with Gasteiger partial charge >= 0.3 is 0 Å². The number of rotatable bonds is 2. The van der Waals surface area contributed by atoms with Gasteiger partial charge in [-0.1, -0.05) is 38.1 Å². The van der Waals surface area contributed by atoms with Gasteiger partial charge in [0.15, 0.2) is 5.83 Å². The highest BCUT2D eigenvalue weighted by atomic mass is 19.2. The largest absolute Gasteiger partial charge is 0.212 e. The molecule has 0 N–H and O–H groups in total. The van der Waals surface area contributed by atoms with Gasteiger partial charge in [-0.05, 0) is 11.5 Å². The van der Waals surface area contributed by atoms with Crippen LogP contribution < -0.4 is 0 Å². The minimum atomic E-state index is -0.802. The molecule has 1 aromatic carbocycles. The lowest BCUT2D eigenvalue weighted by Crippen LogP contribution is -1.92. The molecule has 0 aliphatic heterocycles. The summed E-state index contributed by atoms with van der Waals surface area (Å²) in [5, 5.41) is 0. The molecule has 0 aliphatic carbocycles. The van der Waals surface area contributed by atoms with E-state index in [0.717, 1.165) is 5.56 Å². The highest BCUT2D eigenvalue weighted by molar-refractivity contribution is 5.61. The van der Waals surface area contributed by atoms with E-state index in [1.807, 2.05) is 26.0 Å². The Morgan fingerprint density at radius 3 is 2.46 bits per heavy atom. The Morgan fingerprint density at radius 1 is 1.31 bits per heavy atom. The molecule has 0 aliphatic rings. The van der Waals surface area contributed by atoms with E-state index in [4.69, 9.17) is 0 Å². The zero-order valence-electron chi connectivity index (χ0n) is 7.72. The van der Waals surface area contributed by atoms with Crippen LogP contribution in [0.25, 0.3) is 5.83 Å². The third-order valence-electron chi connectivity index (χ3n) is 1.94. The first-order valence-electron chi connectivity index (χ1n) is 4.22. The van der Waals surface area contributed by atoms with Crippen molar-refractivity contribution in [3.05, 3.63) is 41.7 Å². The molecule has 0 saturated carbocycles. The molecular formula is C11H12F2. The second kappa shape index (κ2) is 4.17. The van der Waals surface area contributed by atoms with Crippen LogP contribution in [0.5, 0.6) is 0 Å². The van der Waals surface area contributed by atoms with Gasteiger partial charge in [0, 0.05) is 5.56 Å². The summed E-state index contributed by atoms with van der Waals surface area (Å²) < 4.78 is 24.9. The fraction of sp³-hybridized carbons (Fsp3) is 0.273. The van der Waals surface area contributed by atoms with Crippen molar-refractivity contribution in [3.63, 3.8) is 0 Å². The van der Waals surface area contributed by atoms with E-state index in [9.17, 15) is 8.78 Å². The highest BCUT2D eigenvalue weighted by Crippen LogP contribution is 2.26. The maximum atomic E-state index is 13.0. The summed E-state index contributed by atoms with van der Waals surface area (Å²) >= 11 is 0. The lowest BCUT2D eigenvalue weighted by atomic mass is 9.97. The number of hydrogen-bond acceptors (Lipinski definition) is 0. The van der Waals surface area contributed by atoms with Crippen molar-refractivity contribution in [2.45, 2.75) is 19.8 Å². The van der Waals surface area contributed by atoms with Gasteiger partial charge in [0.2, 0.25) is 0 Å². The summed E-state index contributed by atoms with van der Waals surface area (Å²) in [6, 6.07) is 6.92. The van der Waals surface area contributed by atoms with Crippen LogP contribution in [0.15, 0.2) is 30.6 Å². The van der Waals surface area contributed by atoms with Gasteiger partial charge in [0.05, 0.1) is 0 Å². The van der Waals surface area contributed by atoms with E-state index in [-0.39, 0.29) is 12.2 Å². The van der Waals surface area contributed by atoms with Crippen LogP contribution in [-0.4, -0.2) is 0 Å². The molecule has 0 amide bonds. The van der Waals surface area contributed by atoms with Crippen LogP contribution in [0.1, 0.15) is 30.9 Å². The van der Waals surface area contributed by atoms with E-state index in [1.165, 1.54) is 0 Å². The van der Waals surface area contributed by atoms with Crippen molar-refractivity contribution in [3.8, 4) is 0 Å². The first-order chi connectivity index (χ1) is 6.16. The predicted octanol–water partition coefficient (Wildman–Crippen LogP) is 4.05. The third kappa shape index (κ3) is 2.14. The Kier molecular flexibility index (Phi) is 3.18. The van der Waals surface area contributed by atoms with Crippen molar-refractivity contribution >= 4 is 5.83 Å². The lowest BCUT2D eigenvalue weighted by molar-refractivity contribution is 0.668. The highest BCUT2D eigenvalue weighted by Gasteiger charge is 2.09. The second-order valence-corrected chi connectivity index (χ2v) is 3.20. The summed E-state index contributed by atoms with van der Waals surface area (Å²) in [5.74, 6) is -0.605. The fourth-order valence-electron chi connectivity index (χ4n) is 1.28. The van der Waals surface area contributed by atoms with Crippen LogP contribution >= 0.6 is 0 Å². The van der Waals surface area contributed by atoms with Gasteiger partial charge in [-0.25, -0.2) is 8.78 Å². The van der Waals surface area contributed by atoms with Gasteiger partial charge in [-0.15, -0.1) is 0 Å². The van der Waals surface area contributed by atoms with Crippen molar-refractivity contribution in [1.82, 2.24) is 0 Å². The quantitative estimate of drug-likeness (QED) is 0.647. The molecule has 0 atom stereocenters. The van der Waals surface area contributed by atoms with Crippen LogP contribution in [0.2, 0.25) is 0 Å². The van der Waals surface area contributed by atoms with Crippen molar-refractivity contribution in [2.75, 3.05) is 0 Å². The molecule has 0 radical (unpaired) electrons.